The van der Waals surface area contributed by atoms with Crippen LogP contribution in [0.3, 0.4) is 0 Å². The summed E-state index contributed by atoms with van der Waals surface area (Å²) in [5.74, 6) is 0. The summed E-state index contributed by atoms with van der Waals surface area (Å²) in [5, 5.41) is -0.268. The van der Waals surface area contributed by atoms with E-state index in [4.69, 9.17) is 58.0 Å². The molecule has 7 heteroatoms. The Hall–Kier alpha value is 0.400. The molecule has 0 fully saturated rings. The Morgan fingerprint density at radius 2 is 1.77 bits per heavy atom. The van der Waals surface area contributed by atoms with Gasteiger partial charge in [0, 0.05) is 6.20 Å². The average molecular weight is 281 g/mol. The van der Waals surface area contributed by atoms with Gasteiger partial charge < -0.3 is 4.98 Å². The lowest BCUT2D eigenvalue weighted by atomic mass is 10.3. The summed E-state index contributed by atoms with van der Waals surface area (Å²) < 4.78 is -1.76. The Morgan fingerprint density at radius 3 is 2.23 bits per heavy atom. The van der Waals surface area contributed by atoms with E-state index in [9.17, 15) is 4.79 Å². The largest absolute Gasteiger partial charge is 0.359 e. The van der Waals surface area contributed by atoms with Crippen molar-refractivity contribution in [2.45, 2.75) is 3.79 Å². The second-order valence-electron chi connectivity index (χ2n) is 2.15. The maximum atomic E-state index is 11.2. The van der Waals surface area contributed by atoms with Crippen LogP contribution in [0.15, 0.2) is 11.0 Å². The van der Waals surface area contributed by atoms with E-state index in [1.807, 2.05) is 0 Å². The van der Waals surface area contributed by atoms with Crippen LogP contribution in [0, 0.1) is 0 Å². The lowest BCUT2D eigenvalue weighted by Crippen LogP contribution is -2.13. The zero-order chi connectivity index (χ0) is 10.2. The van der Waals surface area contributed by atoms with Crippen LogP contribution in [0.25, 0.3) is 0 Å². The van der Waals surface area contributed by atoms with Crippen molar-refractivity contribution in [2.75, 3.05) is 0 Å². The third-order valence-corrected chi connectivity index (χ3v) is 2.47. The molecule has 0 aliphatic carbocycles. The van der Waals surface area contributed by atoms with Crippen LogP contribution in [0.5, 0.6) is 0 Å². The zero-order valence-corrected chi connectivity index (χ0v) is 9.66. The minimum Gasteiger partial charge on any atom is -0.359 e. The normalized spacial score (nSPS) is 11.8. The molecule has 1 heterocycles. The van der Waals surface area contributed by atoms with Crippen molar-refractivity contribution in [1.82, 2.24) is 4.98 Å². The van der Waals surface area contributed by atoms with Gasteiger partial charge in [-0.1, -0.05) is 58.0 Å². The fraction of sp³-hybridized carbons (Fsp3) is 0.167. The van der Waals surface area contributed by atoms with E-state index in [0.717, 1.165) is 0 Å². The van der Waals surface area contributed by atoms with E-state index < -0.39 is 9.22 Å². The van der Waals surface area contributed by atoms with Crippen molar-refractivity contribution in [2.24, 2.45) is 0 Å². The molecule has 0 aromatic carbocycles. The van der Waals surface area contributed by atoms with Crippen LogP contribution in [-0.2, 0) is 3.79 Å². The van der Waals surface area contributed by atoms with Crippen LogP contribution in [0.2, 0.25) is 10.0 Å². The molecule has 13 heavy (non-hydrogen) atoms. The predicted molar refractivity (Wildman–Crippen MR) is 56.3 cm³/mol. The lowest BCUT2D eigenvalue weighted by Gasteiger charge is -2.12. The number of aromatic nitrogens is 1. The van der Waals surface area contributed by atoms with Crippen molar-refractivity contribution in [1.29, 1.82) is 0 Å². The predicted octanol–water partition coefficient (Wildman–Crippen LogP) is 3.51. The second-order valence-corrected chi connectivity index (χ2v) is 5.22. The highest BCUT2D eigenvalue weighted by Crippen LogP contribution is 2.39. The molecule has 72 valence electrons. The number of H-pyrrole nitrogens is 1. The molecule has 0 amide bonds. The molecule has 1 aromatic heterocycles. The monoisotopic (exact) mass is 279 g/mol. The Bertz CT molecular complexity index is 380. The van der Waals surface area contributed by atoms with Gasteiger partial charge in [0.2, 0.25) is 9.22 Å². The van der Waals surface area contributed by atoms with Crippen molar-refractivity contribution in [3.05, 3.63) is 32.2 Å². The average Bonchev–Trinajstić information content (AvgIpc) is 1.98. The van der Waals surface area contributed by atoms with Crippen LogP contribution in [-0.4, -0.2) is 4.98 Å². The molecule has 0 aliphatic rings. The quantitative estimate of drug-likeness (QED) is 0.725. The van der Waals surface area contributed by atoms with Gasteiger partial charge in [-0.2, -0.15) is 0 Å². The van der Waals surface area contributed by atoms with E-state index in [1.54, 1.807) is 0 Å². The van der Waals surface area contributed by atoms with Crippen LogP contribution in [0.1, 0.15) is 5.69 Å². The van der Waals surface area contributed by atoms with E-state index >= 15 is 0 Å². The molecule has 1 rings (SSSR count). The minimum atomic E-state index is -1.76. The van der Waals surface area contributed by atoms with E-state index in [2.05, 4.69) is 4.98 Å². The third kappa shape index (κ3) is 2.45. The standard InChI is InChI=1S/C6H2Cl5NO/c7-2-1-12-5(6(9,10)11)3(8)4(2)13/h1H,(H,12,13). The van der Waals surface area contributed by atoms with Gasteiger partial charge in [-0.25, -0.2) is 0 Å². The van der Waals surface area contributed by atoms with E-state index in [1.165, 1.54) is 6.20 Å². The maximum absolute atomic E-state index is 11.2. The summed E-state index contributed by atoms with van der Waals surface area (Å²) in [4.78, 5) is 13.7. The number of halogens is 5. The first-order chi connectivity index (χ1) is 5.84. The van der Waals surface area contributed by atoms with Gasteiger partial charge in [-0.3, -0.25) is 4.79 Å². The molecule has 2 nitrogen and oxygen atoms in total. The molecule has 0 bridgehead atoms. The van der Waals surface area contributed by atoms with Gasteiger partial charge >= 0.3 is 0 Å². The molecule has 0 aliphatic heterocycles. The third-order valence-electron chi connectivity index (χ3n) is 1.26. The number of pyridine rings is 1. The summed E-state index contributed by atoms with van der Waals surface area (Å²) in [6, 6.07) is 0. The first-order valence-electron chi connectivity index (χ1n) is 2.98. The highest BCUT2D eigenvalue weighted by atomic mass is 35.6. The van der Waals surface area contributed by atoms with E-state index in [0.29, 0.717) is 0 Å². The summed E-state index contributed by atoms with van der Waals surface area (Å²) in [5.41, 5.74) is -0.558. The number of rotatable bonds is 0. The topological polar surface area (TPSA) is 32.9 Å². The van der Waals surface area contributed by atoms with Crippen molar-refractivity contribution in [3.8, 4) is 0 Å². The van der Waals surface area contributed by atoms with Gasteiger partial charge in [0.1, 0.15) is 10.0 Å². The molecular formula is C6H2Cl5NO. The number of hydrogen-bond acceptors (Lipinski definition) is 1. The summed E-state index contributed by atoms with van der Waals surface area (Å²) in [6.45, 7) is 0. The van der Waals surface area contributed by atoms with Gasteiger partial charge in [0.25, 0.3) is 0 Å². The molecule has 0 radical (unpaired) electrons. The number of hydrogen-bond donors (Lipinski definition) is 1. The first kappa shape index (κ1) is 11.5. The smallest absolute Gasteiger partial charge is 0.232 e. The number of nitrogens with one attached hydrogen (secondary N) is 1. The minimum absolute atomic E-state index is 0.00793. The van der Waals surface area contributed by atoms with Gasteiger partial charge in [-0.05, 0) is 0 Å². The Balaban J connectivity index is 3.44. The highest BCUT2D eigenvalue weighted by Gasteiger charge is 2.28. The van der Waals surface area contributed by atoms with Gasteiger partial charge in [0.15, 0.2) is 0 Å². The number of alkyl halides is 3. The van der Waals surface area contributed by atoms with Crippen LogP contribution >= 0.6 is 58.0 Å². The van der Waals surface area contributed by atoms with Crippen molar-refractivity contribution in [3.63, 3.8) is 0 Å². The molecule has 0 saturated heterocycles. The second kappa shape index (κ2) is 3.87. The maximum Gasteiger partial charge on any atom is 0.232 e. The van der Waals surface area contributed by atoms with E-state index in [-0.39, 0.29) is 15.7 Å². The molecule has 1 aromatic rings. The van der Waals surface area contributed by atoms with Crippen molar-refractivity contribution < 1.29 is 0 Å². The Kier molecular flexibility index (Phi) is 3.42. The fourth-order valence-corrected chi connectivity index (χ4v) is 1.78. The summed E-state index contributed by atoms with van der Waals surface area (Å²) >= 11 is 27.6. The molecular weight excluding hydrogens is 279 g/mol. The van der Waals surface area contributed by atoms with Crippen molar-refractivity contribution >= 4 is 58.0 Å². The molecule has 0 unspecified atom stereocenters. The fourth-order valence-electron chi connectivity index (χ4n) is 0.689. The number of aromatic amines is 1. The SMILES string of the molecule is O=c1c(Cl)c[nH]c(C(Cl)(Cl)Cl)c1Cl. The summed E-state index contributed by atoms with van der Waals surface area (Å²) in [6.07, 6.45) is 1.22. The molecule has 0 spiro atoms. The lowest BCUT2D eigenvalue weighted by molar-refractivity contribution is 1.08. The highest BCUT2D eigenvalue weighted by molar-refractivity contribution is 6.67. The van der Waals surface area contributed by atoms with Gasteiger partial charge in [0.05, 0.1) is 5.69 Å². The van der Waals surface area contributed by atoms with Crippen LogP contribution in [0.4, 0.5) is 0 Å². The molecule has 0 atom stereocenters. The molecule has 1 N–H and O–H groups in total. The molecule has 0 saturated carbocycles. The van der Waals surface area contributed by atoms with Gasteiger partial charge in [-0.15, -0.1) is 0 Å². The summed E-state index contributed by atoms with van der Waals surface area (Å²) in [7, 11) is 0. The van der Waals surface area contributed by atoms with Crippen LogP contribution < -0.4 is 5.43 Å². The Morgan fingerprint density at radius 1 is 1.23 bits per heavy atom. The Labute approximate surface area is 98.7 Å². The zero-order valence-electron chi connectivity index (χ0n) is 5.88. The first-order valence-corrected chi connectivity index (χ1v) is 4.87.